The third-order valence-electron chi connectivity index (χ3n) is 4.13. The van der Waals surface area contributed by atoms with E-state index < -0.39 is 5.60 Å². The second kappa shape index (κ2) is 5.19. The SMILES string of the molecule is CC1(O)CCCN(CC(=O)c2ccc3c(c2)CCO3)C1. The Balaban J connectivity index is 1.67. The molecular formula is C16H21NO3. The molecule has 108 valence electrons. The summed E-state index contributed by atoms with van der Waals surface area (Å²) in [4.78, 5) is 14.4. The number of carbonyl (C=O) groups is 1. The molecule has 0 bridgehead atoms. The minimum Gasteiger partial charge on any atom is -0.493 e. The van der Waals surface area contributed by atoms with Crippen LogP contribution < -0.4 is 4.74 Å². The smallest absolute Gasteiger partial charge is 0.176 e. The molecule has 2 heterocycles. The van der Waals surface area contributed by atoms with Gasteiger partial charge in [-0.15, -0.1) is 0 Å². The van der Waals surface area contributed by atoms with Crippen LogP contribution in [0, 0.1) is 0 Å². The topological polar surface area (TPSA) is 49.8 Å². The first-order chi connectivity index (χ1) is 9.53. The number of hydrogen-bond acceptors (Lipinski definition) is 4. The lowest BCUT2D eigenvalue weighted by Gasteiger charge is -2.36. The number of ketones is 1. The predicted molar refractivity (Wildman–Crippen MR) is 76.3 cm³/mol. The fourth-order valence-corrected chi connectivity index (χ4v) is 3.11. The van der Waals surface area contributed by atoms with Gasteiger partial charge in [-0.25, -0.2) is 0 Å². The molecule has 1 fully saturated rings. The van der Waals surface area contributed by atoms with E-state index >= 15 is 0 Å². The van der Waals surface area contributed by atoms with Crippen molar-refractivity contribution in [1.29, 1.82) is 0 Å². The second-order valence-electron chi connectivity index (χ2n) is 6.16. The highest BCUT2D eigenvalue weighted by atomic mass is 16.5. The molecule has 0 saturated carbocycles. The van der Waals surface area contributed by atoms with Crippen molar-refractivity contribution < 1.29 is 14.6 Å². The highest BCUT2D eigenvalue weighted by Crippen LogP contribution is 2.26. The van der Waals surface area contributed by atoms with E-state index in [9.17, 15) is 9.90 Å². The molecule has 1 atom stereocenters. The molecule has 0 radical (unpaired) electrons. The highest BCUT2D eigenvalue weighted by Gasteiger charge is 2.29. The normalized spacial score (nSPS) is 26.1. The fourth-order valence-electron chi connectivity index (χ4n) is 3.11. The fraction of sp³-hybridized carbons (Fsp3) is 0.562. The largest absolute Gasteiger partial charge is 0.493 e. The van der Waals surface area contributed by atoms with Crippen LogP contribution in [0.1, 0.15) is 35.7 Å². The van der Waals surface area contributed by atoms with Crippen LogP contribution in [-0.4, -0.2) is 47.6 Å². The summed E-state index contributed by atoms with van der Waals surface area (Å²) in [6.45, 7) is 4.40. The van der Waals surface area contributed by atoms with E-state index in [4.69, 9.17) is 4.74 Å². The third-order valence-corrected chi connectivity index (χ3v) is 4.13. The predicted octanol–water partition coefficient (Wildman–Crippen LogP) is 1.65. The number of carbonyl (C=O) groups excluding carboxylic acids is 1. The summed E-state index contributed by atoms with van der Waals surface area (Å²) in [5.74, 6) is 1.03. The summed E-state index contributed by atoms with van der Waals surface area (Å²) < 4.78 is 5.46. The number of β-amino-alcohol motifs (C(OH)–C–C–N with tert-alkyl or cyclic N) is 1. The lowest BCUT2D eigenvalue weighted by atomic mass is 9.94. The van der Waals surface area contributed by atoms with Crippen molar-refractivity contribution >= 4 is 5.78 Å². The average molecular weight is 275 g/mol. The summed E-state index contributed by atoms with van der Waals surface area (Å²) in [7, 11) is 0. The molecule has 4 nitrogen and oxygen atoms in total. The number of ether oxygens (including phenoxy) is 1. The van der Waals surface area contributed by atoms with Gasteiger partial charge < -0.3 is 9.84 Å². The second-order valence-corrected chi connectivity index (χ2v) is 6.16. The van der Waals surface area contributed by atoms with Gasteiger partial charge in [-0.2, -0.15) is 0 Å². The van der Waals surface area contributed by atoms with Gasteiger partial charge in [0.25, 0.3) is 0 Å². The number of rotatable bonds is 3. The summed E-state index contributed by atoms with van der Waals surface area (Å²) >= 11 is 0. The van der Waals surface area contributed by atoms with Crippen molar-refractivity contribution in [1.82, 2.24) is 4.90 Å². The minimum atomic E-state index is -0.662. The van der Waals surface area contributed by atoms with E-state index in [0.717, 1.165) is 42.7 Å². The van der Waals surface area contributed by atoms with Crippen LogP contribution in [0.4, 0.5) is 0 Å². The van der Waals surface area contributed by atoms with Crippen LogP contribution in [-0.2, 0) is 6.42 Å². The Morgan fingerprint density at radius 2 is 2.35 bits per heavy atom. The van der Waals surface area contributed by atoms with Crippen LogP contribution in [0.5, 0.6) is 5.75 Å². The Morgan fingerprint density at radius 1 is 1.50 bits per heavy atom. The maximum Gasteiger partial charge on any atom is 0.176 e. The Kier molecular flexibility index (Phi) is 3.52. The van der Waals surface area contributed by atoms with E-state index in [1.807, 2.05) is 25.1 Å². The van der Waals surface area contributed by atoms with E-state index in [1.54, 1.807) is 0 Å². The molecule has 1 aromatic carbocycles. The van der Waals surface area contributed by atoms with Crippen LogP contribution in [0.2, 0.25) is 0 Å². The van der Waals surface area contributed by atoms with Crippen molar-refractivity contribution in [2.45, 2.75) is 31.8 Å². The van der Waals surface area contributed by atoms with E-state index in [1.165, 1.54) is 0 Å². The average Bonchev–Trinajstić information content (AvgIpc) is 2.84. The minimum absolute atomic E-state index is 0.123. The molecule has 20 heavy (non-hydrogen) atoms. The summed E-state index contributed by atoms with van der Waals surface area (Å²) in [5, 5.41) is 10.1. The van der Waals surface area contributed by atoms with Gasteiger partial charge in [-0.05, 0) is 50.1 Å². The monoisotopic (exact) mass is 275 g/mol. The Labute approximate surface area is 119 Å². The first-order valence-electron chi connectivity index (χ1n) is 7.27. The van der Waals surface area contributed by atoms with Crippen LogP contribution in [0.25, 0.3) is 0 Å². The van der Waals surface area contributed by atoms with Gasteiger partial charge in [0.05, 0.1) is 18.8 Å². The number of fused-ring (bicyclic) bond motifs is 1. The van der Waals surface area contributed by atoms with Gasteiger partial charge >= 0.3 is 0 Å². The number of hydrogen-bond donors (Lipinski definition) is 1. The van der Waals surface area contributed by atoms with Crippen molar-refractivity contribution in [3.05, 3.63) is 29.3 Å². The molecule has 1 saturated heterocycles. The number of benzene rings is 1. The quantitative estimate of drug-likeness (QED) is 0.852. The van der Waals surface area contributed by atoms with Gasteiger partial charge in [0.1, 0.15) is 5.75 Å². The zero-order chi connectivity index (χ0) is 14.2. The molecule has 4 heteroatoms. The lowest BCUT2D eigenvalue weighted by Crippen LogP contribution is -2.47. The zero-order valence-corrected chi connectivity index (χ0v) is 11.9. The van der Waals surface area contributed by atoms with E-state index in [-0.39, 0.29) is 5.78 Å². The van der Waals surface area contributed by atoms with Crippen LogP contribution >= 0.6 is 0 Å². The molecule has 0 aliphatic carbocycles. The molecular weight excluding hydrogens is 254 g/mol. The standard InChI is InChI=1S/C16H21NO3/c1-16(19)6-2-7-17(11-16)10-14(18)12-3-4-15-13(9-12)5-8-20-15/h3-4,9,19H,2,5-8,10-11H2,1H3. The molecule has 0 spiro atoms. The molecule has 1 N–H and O–H groups in total. The van der Waals surface area contributed by atoms with Crippen LogP contribution in [0.3, 0.4) is 0 Å². The summed E-state index contributed by atoms with van der Waals surface area (Å²) in [6.07, 6.45) is 2.64. The van der Waals surface area contributed by atoms with Gasteiger partial charge in [0, 0.05) is 18.5 Å². The van der Waals surface area contributed by atoms with Crippen LogP contribution in [0.15, 0.2) is 18.2 Å². The summed E-state index contributed by atoms with van der Waals surface area (Å²) in [6, 6.07) is 5.68. The highest BCUT2D eigenvalue weighted by molar-refractivity contribution is 5.98. The van der Waals surface area contributed by atoms with Crippen molar-refractivity contribution in [3.63, 3.8) is 0 Å². The van der Waals surface area contributed by atoms with Gasteiger partial charge in [-0.3, -0.25) is 9.69 Å². The number of piperidine rings is 1. The number of nitrogens with zero attached hydrogens (tertiary/aromatic N) is 1. The third kappa shape index (κ3) is 2.86. The molecule has 3 rings (SSSR count). The maximum absolute atomic E-state index is 12.4. The Morgan fingerprint density at radius 3 is 3.15 bits per heavy atom. The number of aliphatic hydroxyl groups is 1. The Bertz CT molecular complexity index is 524. The molecule has 1 unspecified atom stereocenters. The molecule has 2 aliphatic heterocycles. The molecule has 2 aliphatic rings. The van der Waals surface area contributed by atoms with Crippen molar-refractivity contribution in [3.8, 4) is 5.75 Å². The molecule has 1 aromatic rings. The summed E-state index contributed by atoms with van der Waals surface area (Å²) in [5.41, 5.74) is 1.21. The van der Waals surface area contributed by atoms with E-state index in [2.05, 4.69) is 4.90 Å². The maximum atomic E-state index is 12.4. The van der Waals surface area contributed by atoms with Gasteiger partial charge in [-0.1, -0.05) is 0 Å². The zero-order valence-electron chi connectivity index (χ0n) is 11.9. The first-order valence-corrected chi connectivity index (χ1v) is 7.27. The molecule has 0 aromatic heterocycles. The van der Waals surface area contributed by atoms with E-state index in [0.29, 0.717) is 19.7 Å². The molecule has 0 amide bonds. The number of Topliss-reactive ketones (excluding diaryl/α,β-unsaturated/α-hetero) is 1. The van der Waals surface area contributed by atoms with Crippen molar-refractivity contribution in [2.75, 3.05) is 26.2 Å². The Hall–Kier alpha value is -1.39. The number of likely N-dealkylation sites (tertiary alicyclic amines) is 1. The first kappa shape index (κ1) is 13.6. The van der Waals surface area contributed by atoms with Gasteiger partial charge in [0.2, 0.25) is 0 Å². The lowest BCUT2D eigenvalue weighted by molar-refractivity contribution is -0.0132. The van der Waals surface area contributed by atoms with Crippen molar-refractivity contribution in [2.24, 2.45) is 0 Å². The van der Waals surface area contributed by atoms with Gasteiger partial charge in [0.15, 0.2) is 5.78 Å².